The van der Waals surface area contributed by atoms with Crippen molar-refractivity contribution in [3.05, 3.63) is 12.2 Å². The van der Waals surface area contributed by atoms with E-state index in [4.69, 9.17) is 0 Å². The van der Waals surface area contributed by atoms with E-state index < -0.39 is 0 Å². The summed E-state index contributed by atoms with van der Waals surface area (Å²) < 4.78 is 0. The van der Waals surface area contributed by atoms with Crippen molar-refractivity contribution in [3.63, 3.8) is 0 Å². The minimum Gasteiger partial charge on any atom is -0.293 e. The van der Waals surface area contributed by atoms with Crippen molar-refractivity contribution in [1.82, 2.24) is 4.90 Å². The molecular formula is C9H13N. The van der Waals surface area contributed by atoms with Crippen LogP contribution in [-0.4, -0.2) is 23.5 Å². The molecule has 2 heterocycles. The van der Waals surface area contributed by atoms with Crippen molar-refractivity contribution in [2.45, 2.75) is 31.3 Å². The van der Waals surface area contributed by atoms with Gasteiger partial charge in [0.2, 0.25) is 0 Å². The van der Waals surface area contributed by atoms with Crippen molar-refractivity contribution in [2.24, 2.45) is 5.92 Å². The summed E-state index contributed by atoms with van der Waals surface area (Å²) in [5.41, 5.74) is 1.47. The molecule has 2 saturated heterocycles. The second-order valence-corrected chi connectivity index (χ2v) is 4.08. The van der Waals surface area contributed by atoms with Crippen LogP contribution in [0.5, 0.6) is 0 Å². The zero-order valence-electron chi connectivity index (χ0n) is 6.21. The van der Waals surface area contributed by atoms with Gasteiger partial charge in [-0.2, -0.15) is 0 Å². The smallest absolute Gasteiger partial charge is 0.0196 e. The monoisotopic (exact) mass is 135 g/mol. The van der Waals surface area contributed by atoms with Crippen LogP contribution in [0.1, 0.15) is 19.3 Å². The van der Waals surface area contributed by atoms with E-state index in [1.54, 1.807) is 0 Å². The van der Waals surface area contributed by atoms with E-state index >= 15 is 0 Å². The third kappa shape index (κ3) is 0.523. The number of piperidine rings is 1. The van der Waals surface area contributed by atoms with E-state index in [-0.39, 0.29) is 0 Å². The molecule has 0 radical (unpaired) electrons. The van der Waals surface area contributed by atoms with Crippen molar-refractivity contribution in [3.8, 4) is 0 Å². The van der Waals surface area contributed by atoms with Gasteiger partial charge in [0.1, 0.15) is 0 Å². The molecule has 1 aliphatic carbocycles. The SMILES string of the molecule is C=C1C[C@@H]2C[C@H]3C[C@H]3N2C1. The summed E-state index contributed by atoms with van der Waals surface area (Å²) in [4.78, 5) is 2.67. The van der Waals surface area contributed by atoms with E-state index in [0.717, 1.165) is 18.0 Å². The molecule has 1 nitrogen and oxygen atoms in total. The highest BCUT2D eigenvalue weighted by Gasteiger charge is 2.53. The first-order valence-electron chi connectivity index (χ1n) is 4.27. The molecule has 0 bridgehead atoms. The van der Waals surface area contributed by atoms with E-state index in [1.165, 1.54) is 31.4 Å². The fourth-order valence-corrected chi connectivity index (χ4v) is 2.75. The van der Waals surface area contributed by atoms with Crippen molar-refractivity contribution in [2.75, 3.05) is 6.54 Å². The fourth-order valence-electron chi connectivity index (χ4n) is 2.75. The summed E-state index contributed by atoms with van der Waals surface area (Å²) in [6.45, 7) is 5.26. The average molecular weight is 135 g/mol. The van der Waals surface area contributed by atoms with Gasteiger partial charge in [-0.25, -0.2) is 0 Å². The molecule has 1 heteroatoms. The van der Waals surface area contributed by atoms with Crippen LogP contribution >= 0.6 is 0 Å². The van der Waals surface area contributed by atoms with Crippen LogP contribution in [0, 0.1) is 5.92 Å². The Bertz CT molecular complexity index is 197. The van der Waals surface area contributed by atoms with E-state index in [2.05, 4.69) is 11.5 Å². The second kappa shape index (κ2) is 1.48. The molecule has 0 aromatic rings. The highest BCUT2D eigenvalue weighted by atomic mass is 15.3. The molecule has 0 amide bonds. The van der Waals surface area contributed by atoms with E-state index in [9.17, 15) is 0 Å². The second-order valence-electron chi connectivity index (χ2n) is 4.08. The van der Waals surface area contributed by atoms with Crippen LogP contribution < -0.4 is 0 Å². The quantitative estimate of drug-likeness (QED) is 0.454. The summed E-state index contributed by atoms with van der Waals surface area (Å²) in [5.74, 6) is 1.10. The Balaban J connectivity index is 1.88. The molecule has 2 aliphatic heterocycles. The number of hydrogen-bond donors (Lipinski definition) is 0. The molecule has 0 aromatic heterocycles. The Kier molecular flexibility index (Phi) is 0.791. The van der Waals surface area contributed by atoms with E-state index in [0.29, 0.717) is 0 Å². The Hall–Kier alpha value is -0.300. The zero-order valence-corrected chi connectivity index (χ0v) is 6.21. The van der Waals surface area contributed by atoms with Gasteiger partial charge >= 0.3 is 0 Å². The predicted molar refractivity (Wildman–Crippen MR) is 40.8 cm³/mol. The Labute approximate surface area is 61.7 Å². The third-order valence-electron chi connectivity index (χ3n) is 3.29. The number of fused-ring (bicyclic) bond motifs is 3. The lowest BCUT2D eigenvalue weighted by molar-refractivity contribution is 0.283. The zero-order chi connectivity index (χ0) is 6.72. The fraction of sp³-hybridized carbons (Fsp3) is 0.778. The highest BCUT2D eigenvalue weighted by Crippen LogP contribution is 2.51. The topological polar surface area (TPSA) is 3.24 Å². The minimum atomic E-state index is 0.913. The van der Waals surface area contributed by atoms with Gasteiger partial charge in [0.15, 0.2) is 0 Å². The number of hydrogen-bond acceptors (Lipinski definition) is 1. The van der Waals surface area contributed by atoms with Crippen LogP contribution in [0.25, 0.3) is 0 Å². The average Bonchev–Trinajstić information content (AvgIpc) is 2.40. The van der Waals surface area contributed by atoms with Gasteiger partial charge in [-0.15, -0.1) is 0 Å². The Morgan fingerprint density at radius 3 is 3.10 bits per heavy atom. The maximum absolute atomic E-state index is 4.05. The van der Waals surface area contributed by atoms with Gasteiger partial charge < -0.3 is 0 Å². The van der Waals surface area contributed by atoms with Gasteiger partial charge in [0.05, 0.1) is 0 Å². The minimum absolute atomic E-state index is 0.913. The first-order valence-corrected chi connectivity index (χ1v) is 4.27. The summed E-state index contributed by atoms with van der Waals surface area (Å²) >= 11 is 0. The first-order chi connectivity index (χ1) is 4.84. The number of nitrogens with zero attached hydrogens (tertiary/aromatic N) is 1. The normalized spacial score (nSPS) is 51.2. The molecule has 1 saturated carbocycles. The lowest BCUT2D eigenvalue weighted by Gasteiger charge is -2.16. The van der Waals surface area contributed by atoms with Crippen LogP contribution in [0.3, 0.4) is 0 Å². The van der Waals surface area contributed by atoms with Crippen molar-refractivity contribution >= 4 is 0 Å². The highest BCUT2D eigenvalue weighted by molar-refractivity contribution is 5.18. The molecule has 54 valence electrons. The summed E-state index contributed by atoms with van der Waals surface area (Å²) in [7, 11) is 0. The largest absolute Gasteiger partial charge is 0.293 e. The molecule has 0 unspecified atom stereocenters. The van der Waals surface area contributed by atoms with Gasteiger partial charge in [-0.1, -0.05) is 12.2 Å². The molecule has 3 aliphatic rings. The summed E-state index contributed by atoms with van der Waals surface area (Å²) in [6, 6.07) is 1.90. The Morgan fingerprint density at radius 1 is 1.40 bits per heavy atom. The van der Waals surface area contributed by atoms with Gasteiger partial charge in [-0.3, -0.25) is 4.90 Å². The maximum atomic E-state index is 4.05. The summed E-state index contributed by atoms with van der Waals surface area (Å²) in [5, 5.41) is 0. The lowest BCUT2D eigenvalue weighted by atomic mass is 10.1. The molecule has 3 rings (SSSR count). The molecule has 3 fully saturated rings. The van der Waals surface area contributed by atoms with Gasteiger partial charge in [0.25, 0.3) is 0 Å². The van der Waals surface area contributed by atoms with Crippen molar-refractivity contribution in [1.29, 1.82) is 0 Å². The number of rotatable bonds is 0. The van der Waals surface area contributed by atoms with Crippen LogP contribution in [0.4, 0.5) is 0 Å². The van der Waals surface area contributed by atoms with Gasteiger partial charge in [0, 0.05) is 18.6 Å². The Morgan fingerprint density at radius 2 is 2.30 bits per heavy atom. The summed E-state index contributed by atoms with van der Waals surface area (Å²) in [6.07, 6.45) is 4.26. The van der Waals surface area contributed by atoms with Crippen LogP contribution in [-0.2, 0) is 0 Å². The molecule has 0 aromatic carbocycles. The maximum Gasteiger partial charge on any atom is 0.0196 e. The van der Waals surface area contributed by atoms with E-state index in [1.807, 2.05) is 0 Å². The molecular weight excluding hydrogens is 122 g/mol. The molecule has 0 N–H and O–H groups in total. The predicted octanol–water partition coefficient (Wildman–Crippen LogP) is 1.41. The van der Waals surface area contributed by atoms with Gasteiger partial charge in [-0.05, 0) is 25.2 Å². The van der Waals surface area contributed by atoms with Crippen LogP contribution in [0.2, 0.25) is 0 Å². The molecule has 0 spiro atoms. The van der Waals surface area contributed by atoms with Crippen molar-refractivity contribution < 1.29 is 0 Å². The molecule has 10 heavy (non-hydrogen) atoms. The lowest BCUT2D eigenvalue weighted by Crippen LogP contribution is -2.26. The first kappa shape index (κ1) is 5.36. The third-order valence-corrected chi connectivity index (χ3v) is 3.29. The standard InChI is InChI=1S/C9H13N/c1-6-2-8-3-7-4-9(7)10(8)5-6/h7-9H,1-5H2/t7-,8+,9+/m0/s1. The molecule has 3 atom stereocenters. The van der Waals surface area contributed by atoms with Crippen LogP contribution in [0.15, 0.2) is 12.2 Å².